The molecule has 8 heteroatoms. The summed E-state index contributed by atoms with van der Waals surface area (Å²) in [6, 6.07) is 10.7. The highest BCUT2D eigenvalue weighted by atomic mass is 35.5. The molecule has 0 radical (unpaired) electrons. The van der Waals surface area contributed by atoms with Gasteiger partial charge in [0.1, 0.15) is 5.82 Å². The third-order valence-electron chi connectivity index (χ3n) is 5.13. The Bertz CT molecular complexity index is 892. The third kappa shape index (κ3) is 4.23. The molecule has 2 aromatic rings. The molecule has 2 aromatic carbocycles. The van der Waals surface area contributed by atoms with Gasteiger partial charge in [-0.2, -0.15) is 0 Å². The van der Waals surface area contributed by atoms with E-state index in [1.807, 2.05) is 0 Å². The lowest BCUT2D eigenvalue weighted by Crippen LogP contribution is -2.51. The van der Waals surface area contributed by atoms with E-state index < -0.39 is 11.9 Å². The molecule has 1 aliphatic rings. The number of benzene rings is 2. The van der Waals surface area contributed by atoms with E-state index in [2.05, 4.69) is 0 Å². The number of nitrogens with zero attached hydrogens (tertiary/aromatic N) is 2. The summed E-state index contributed by atoms with van der Waals surface area (Å²) in [7, 11) is 1.68. The molecule has 5 nitrogen and oxygen atoms in total. The number of hydrogen-bond donors (Lipinski definition) is 1. The molecule has 3 rings (SSSR count). The smallest absolute Gasteiger partial charge is 0.407 e. The Morgan fingerprint density at radius 3 is 2.46 bits per heavy atom. The van der Waals surface area contributed by atoms with Crippen LogP contribution in [0.3, 0.4) is 0 Å². The monoisotopic (exact) mass is 424 g/mol. The van der Waals surface area contributed by atoms with Crippen molar-refractivity contribution in [2.45, 2.75) is 18.4 Å². The number of rotatable bonds is 3. The first-order valence-electron chi connectivity index (χ1n) is 8.73. The minimum absolute atomic E-state index is 0.00297. The first kappa shape index (κ1) is 20.4. The third-order valence-corrected chi connectivity index (χ3v) is 5.69. The number of likely N-dealkylation sites (N-methyl/N-ethyl adjacent to an activating group) is 1. The summed E-state index contributed by atoms with van der Waals surface area (Å²) in [5, 5.41) is 9.91. The summed E-state index contributed by atoms with van der Waals surface area (Å²) in [4.78, 5) is 27.3. The van der Waals surface area contributed by atoms with Gasteiger partial charge in [0.15, 0.2) is 0 Å². The number of carbonyl (C=O) groups excluding carboxylic acids is 1. The average Bonchev–Trinajstić information content (AvgIpc) is 2.69. The molecule has 0 aromatic heterocycles. The van der Waals surface area contributed by atoms with Crippen LogP contribution in [-0.4, -0.2) is 53.1 Å². The van der Waals surface area contributed by atoms with Crippen LogP contribution < -0.4 is 0 Å². The van der Waals surface area contributed by atoms with Crippen molar-refractivity contribution < 1.29 is 19.1 Å². The van der Waals surface area contributed by atoms with Gasteiger partial charge in [-0.25, -0.2) is 9.18 Å². The SMILES string of the molecule is CN(C(=O)c1ccc(Cl)cc1)[C@@H]1CCN(C(=O)O)C[C@H]1c1ccc(Cl)c(F)c1. The van der Waals surface area contributed by atoms with Gasteiger partial charge in [-0.05, 0) is 48.4 Å². The fourth-order valence-electron chi connectivity index (χ4n) is 3.59. The average molecular weight is 425 g/mol. The van der Waals surface area contributed by atoms with Crippen molar-refractivity contribution in [3.8, 4) is 0 Å². The molecule has 2 atom stereocenters. The number of carbonyl (C=O) groups is 2. The molecule has 0 bridgehead atoms. The summed E-state index contributed by atoms with van der Waals surface area (Å²) in [6.45, 7) is 0.462. The highest BCUT2D eigenvalue weighted by molar-refractivity contribution is 6.31. The fraction of sp³-hybridized carbons (Fsp3) is 0.300. The van der Waals surface area contributed by atoms with Crippen LogP contribution in [0.15, 0.2) is 42.5 Å². The summed E-state index contributed by atoms with van der Waals surface area (Å²) in [6.07, 6.45) is -0.596. The molecular formula is C20H19Cl2FN2O3. The Kier molecular flexibility index (Phi) is 6.10. The van der Waals surface area contributed by atoms with Crippen molar-refractivity contribution in [1.29, 1.82) is 0 Å². The van der Waals surface area contributed by atoms with Crippen LogP contribution in [0, 0.1) is 5.82 Å². The van der Waals surface area contributed by atoms with Crippen molar-refractivity contribution in [2.24, 2.45) is 0 Å². The molecule has 0 unspecified atom stereocenters. The van der Waals surface area contributed by atoms with Gasteiger partial charge in [-0.3, -0.25) is 4.79 Å². The van der Waals surface area contributed by atoms with E-state index in [-0.39, 0.29) is 29.4 Å². The van der Waals surface area contributed by atoms with Gasteiger partial charge < -0.3 is 14.9 Å². The maximum Gasteiger partial charge on any atom is 0.407 e. The zero-order chi connectivity index (χ0) is 20.4. The van der Waals surface area contributed by atoms with Crippen molar-refractivity contribution in [1.82, 2.24) is 9.80 Å². The highest BCUT2D eigenvalue weighted by Crippen LogP contribution is 2.33. The van der Waals surface area contributed by atoms with E-state index in [0.717, 1.165) is 0 Å². The number of carboxylic acid groups (broad SMARTS) is 1. The largest absolute Gasteiger partial charge is 0.465 e. The predicted octanol–water partition coefficient (Wildman–Crippen LogP) is 4.74. The quantitative estimate of drug-likeness (QED) is 0.773. The van der Waals surface area contributed by atoms with Crippen LogP contribution in [0.4, 0.5) is 9.18 Å². The fourth-order valence-corrected chi connectivity index (χ4v) is 3.84. The van der Waals surface area contributed by atoms with Gasteiger partial charge in [-0.1, -0.05) is 29.3 Å². The second-order valence-electron chi connectivity index (χ2n) is 6.79. The molecule has 0 spiro atoms. The van der Waals surface area contributed by atoms with Gasteiger partial charge >= 0.3 is 6.09 Å². The molecule has 1 fully saturated rings. The molecule has 1 N–H and O–H groups in total. The van der Waals surface area contributed by atoms with Crippen LogP contribution >= 0.6 is 23.2 Å². The van der Waals surface area contributed by atoms with Crippen LogP contribution in [0.2, 0.25) is 10.0 Å². The van der Waals surface area contributed by atoms with Gasteiger partial charge in [0.2, 0.25) is 0 Å². The lowest BCUT2D eigenvalue weighted by molar-refractivity contribution is 0.0590. The minimum atomic E-state index is -1.04. The van der Waals surface area contributed by atoms with Crippen LogP contribution in [-0.2, 0) is 0 Å². The number of likely N-dealkylation sites (tertiary alicyclic amines) is 1. The Balaban J connectivity index is 1.91. The molecule has 148 valence electrons. The highest BCUT2D eigenvalue weighted by Gasteiger charge is 2.37. The predicted molar refractivity (Wildman–Crippen MR) is 106 cm³/mol. The van der Waals surface area contributed by atoms with Crippen molar-refractivity contribution in [3.63, 3.8) is 0 Å². The van der Waals surface area contributed by atoms with E-state index in [1.54, 1.807) is 42.3 Å². The molecule has 1 aliphatic heterocycles. The van der Waals surface area contributed by atoms with Crippen molar-refractivity contribution >= 4 is 35.2 Å². The van der Waals surface area contributed by atoms with E-state index >= 15 is 0 Å². The van der Waals surface area contributed by atoms with Crippen LogP contribution in [0.25, 0.3) is 0 Å². The number of piperidine rings is 1. The summed E-state index contributed by atoms with van der Waals surface area (Å²) < 4.78 is 14.0. The van der Waals surface area contributed by atoms with E-state index in [1.165, 1.54) is 17.0 Å². The number of amides is 2. The van der Waals surface area contributed by atoms with Crippen molar-refractivity contribution in [3.05, 3.63) is 69.5 Å². The zero-order valence-electron chi connectivity index (χ0n) is 15.1. The Morgan fingerprint density at radius 1 is 1.18 bits per heavy atom. The standard InChI is InChI=1S/C20H19Cl2FN2O3/c1-24(19(26)12-2-5-14(21)6-3-12)18-8-9-25(20(27)28)11-15(18)13-4-7-16(22)17(23)10-13/h2-7,10,15,18H,8-9,11H2,1H3,(H,27,28)/t15-,18+/m0/s1. The maximum atomic E-state index is 14.0. The zero-order valence-corrected chi connectivity index (χ0v) is 16.6. The molecule has 28 heavy (non-hydrogen) atoms. The van der Waals surface area contributed by atoms with Gasteiger partial charge in [0.05, 0.1) is 5.02 Å². The van der Waals surface area contributed by atoms with Crippen molar-refractivity contribution in [2.75, 3.05) is 20.1 Å². The first-order chi connectivity index (χ1) is 13.3. The molecule has 0 saturated carbocycles. The summed E-state index contributed by atoms with van der Waals surface area (Å²) in [5.41, 5.74) is 1.09. The molecule has 2 amide bonds. The topological polar surface area (TPSA) is 60.9 Å². The Morgan fingerprint density at radius 2 is 1.86 bits per heavy atom. The van der Waals surface area contributed by atoms with Gasteiger partial charge in [0, 0.05) is 42.7 Å². The van der Waals surface area contributed by atoms with E-state index in [0.29, 0.717) is 29.1 Å². The number of hydrogen-bond acceptors (Lipinski definition) is 2. The maximum absolute atomic E-state index is 14.0. The van der Waals surface area contributed by atoms with E-state index in [9.17, 15) is 19.1 Å². The lowest BCUT2D eigenvalue weighted by Gasteiger charge is -2.42. The second kappa shape index (κ2) is 8.37. The van der Waals surface area contributed by atoms with Gasteiger partial charge in [0.25, 0.3) is 5.91 Å². The molecular weight excluding hydrogens is 406 g/mol. The minimum Gasteiger partial charge on any atom is -0.465 e. The normalized spacial score (nSPS) is 19.4. The first-order valence-corrected chi connectivity index (χ1v) is 9.49. The summed E-state index contributed by atoms with van der Waals surface area (Å²) >= 11 is 11.7. The van der Waals surface area contributed by atoms with Crippen LogP contribution in [0.1, 0.15) is 28.3 Å². The summed E-state index contributed by atoms with van der Waals surface area (Å²) in [5.74, 6) is -1.15. The Hall–Kier alpha value is -2.31. The second-order valence-corrected chi connectivity index (χ2v) is 7.63. The molecule has 0 aliphatic carbocycles. The van der Waals surface area contributed by atoms with E-state index in [4.69, 9.17) is 23.2 Å². The van der Waals surface area contributed by atoms with Crippen LogP contribution in [0.5, 0.6) is 0 Å². The molecule has 1 saturated heterocycles. The number of halogens is 3. The molecule has 1 heterocycles. The van der Waals surface area contributed by atoms with Gasteiger partial charge in [-0.15, -0.1) is 0 Å². The lowest BCUT2D eigenvalue weighted by atomic mass is 9.85. The Labute approximate surface area is 172 Å².